The molecule has 0 saturated carbocycles. The molecular formula is C35H36Cl3N3O5S. The number of amides is 2. The fourth-order valence-corrected chi connectivity index (χ4v) is 6.77. The summed E-state index contributed by atoms with van der Waals surface area (Å²) in [4.78, 5) is 29.7. The molecule has 4 aromatic rings. The predicted molar refractivity (Wildman–Crippen MR) is 188 cm³/mol. The van der Waals surface area contributed by atoms with Crippen molar-refractivity contribution in [3.8, 4) is 5.75 Å². The van der Waals surface area contributed by atoms with Crippen LogP contribution in [-0.2, 0) is 32.6 Å². The van der Waals surface area contributed by atoms with Gasteiger partial charge in [-0.05, 0) is 78.2 Å². The summed E-state index contributed by atoms with van der Waals surface area (Å²) in [5.41, 5.74) is 1.67. The molecule has 0 heterocycles. The second kappa shape index (κ2) is 16.9. The van der Waals surface area contributed by atoms with Crippen molar-refractivity contribution in [1.82, 2.24) is 10.2 Å². The lowest BCUT2D eigenvalue weighted by Gasteiger charge is -2.34. The molecule has 0 aliphatic rings. The predicted octanol–water partition coefficient (Wildman–Crippen LogP) is 7.41. The van der Waals surface area contributed by atoms with Crippen LogP contribution in [0.25, 0.3) is 0 Å². The molecule has 4 rings (SSSR count). The van der Waals surface area contributed by atoms with E-state index in [4.69, 9.17) is 39.5 Å². The summed E-state index contributed by atoms with van der Waals surface area (Å²) in [7, 11) is -2.80. The van der Waals surface area contributed by atoms with Crippen molar-refractivity contribution in [1.29, 1.82) is 0 Å². The number of nitrogens with zero attached hydrogens (tertiary/aromatic N) is 2. The minimum absolute atomic E-state index is 0.0362. The van der Waals surface area contributed by atoms with Gasteiger partial charge in [-0.15, -0.1) is 0 Å². The zero-order valence-electron chi connectivity index (χ0n) is 26.0. The van der Waals surface area contributed by atoms with Gasteiger partial charge in [-0.25, -0.2) is 8.42 Å². The SMILES string of the molecule is CCCCNC(=O)[C@H](Cc1ccccc1)N(Cc1ccc(Cl)c(Cl)c1)C(=O)CN(c1ccc(Cl)cc1)S(=O)(=O)c1ccc(OC)cc1. The van der Waals surface area contributed by atoms with E-state index < -0.39 is 28.5 Å². The largest absolute Gasteiger partial charge is 0.497 e. The fourth-order valence-electron chi connectivity index (χ4n) is 4.91. The van der Waals surface area contributed by atoms with Gasteiger partial charge in [0.05, 0.1) is 27.7 Å². The lowest BCUT2D eigenvalue weighted by molar-refractivity contribution is -0.140. The molecule has 1 N–H and O–H groups in total. The van der Waals surface area contributed by atoms with Gasteiger partial charge in [0.25, 0.3) is 10.0 Å². The van der Waals surface area contributed by atoms with Crippen molar-refractivity contribution in [3.05, 3.63) is 123 Å². The van der Waals surface area contributed by atoms with Gasteiger partial charge in [-0.2, -0.15) is 0 Å². The highest BCUT2D eigenvalue weighted by Gasteiger charge is 2.34. The number of ether oxygens (including phenoxy) is 1. The average Bonchev–Trinajstić information content (AvgIpc) is 3.07. The molecule has 47 heavy (non-hydrogen) atoms. The zero-order valence-corrected chi connectivity index (χ0v) is 29.1. The van der Waals surface area contributed by atoms with Crippen LogP contribution in [0.4, 0.5) is 5.69 Å². The molecule has 248 valence electrons. The number of methoxy groups -OCH3 is 1. The number of hydrogen-bond donors (Lipinski definition) is 1. The highest BCUT2D eigenvalue weighted by Crippen LogP contribution is 2.28. The summed E-state index contributed by atoms with van der Waals surface area (Å²) in [5.74, 6) is -0.481. The number of rotatable bonds is 15. The van der Waals surface area contributed by atoms with Crippen LogP contribution in [0, 0.1) is 0 Å². The first-order chi connectivity index (χ1) is 22.5. The third-order valence-corrected chi connectivity index (χ3v) is 10.3. The molecule has 0 saturated heterocycles. The van der Waals surface area contributed by atoms with Gasteiger partial charge in [0.15, 0.2) is 0 Å². The first-order valence-corrected chi connectivity index (χ1v) is 17.6. The Bertz CT molecular complexity index is 1760. The van der Waals surface area contributed by atoms with E-state index in [-0.39, 0.29) is 34.5 Å². The second-order valence-electron chi connectivity index (χ2n) is 10.8. The molecular weight excluding hydrogens is 681 g/mol. The number of halogens is 3. The molecule has 8 nitrogen and oxygen atoms in total. The van der Waals surface area contributed by atoms with E-state index in [9.17, 15) is 18.0 Å². The number of sulfonamides is 1. The van der Waals surface area contributed by atoms with Crippen molar-refractivity contribution >= 4 is 62.3 Å². The summed E-state index contributed by atoms with van der Waals surface area (Å²) >= 11 is 18.7. The molecule has 0 unspecified atom stereocenters. The highest BCUT2D eigenvalue weighted by atomic mass is 35.5. The van der Waals surface area contributed by atoms with Gasteiger partial charge in [0.2, 0.25) is 11.8 Å². The highest BCUT2D eigenvalue weighted by molar-refractivity contribution is 7.92. The van der Waals surface area contributed by atoms with Crippen LogP contribution in [0.3, 0.4) is 0 Å². The van der Waals surface area contributed by atoms with E-state index >= 15 is 0 Å². The standard InChI is InChI=1S/C35H36Cl3N3O5S/c1-3-4-20-39-35(43)33(22-25-8-6-5-7-9-25)40(23-26-10-19-31(37)32(38)21-26)34(42)24-41(28-13-11-27(36)12-14-28)47(44,45)30-17-15-29(46-2)16-18-30/h5-19,21,33H,3-4,20,22-24H2,1-2H3,(H,39,43)/t33-/m0/s1. The van der Waals surface area contributed by atoms with Gasteiger partial charge in [-0.1, -0.05) is 84.5 Å². The van der Waals surface area contributed by atoms with Gasteiger partial charge < -0.3 is 15.0 Å². The molecule has 1 atom stereocenters. The van der Waals surface area contributed by atoms with Crippen LogP contribution < -0.4 is 14.4 Å². The van der Waals surface area contributed by atoms with Gasteiger partial charge in [0, 0.05) is 24.5 Å². The van der Waals surface area contributed by atoms with Crippen molar-refractivity contribution in [3.63, 3.8) is 0 Å². The van der Waals surface area contributed by atoms with Crippen LogP contribution in [0.1, 0.15) is 30.9 Å². The van der Waals surface area contributed by atoms with E-state index in [1.807, 2.05) is 37.3 Å². The average molecular weight is 717 g/mol. The Morgan fingerprint density at radius 1 is 0.851 bits per heavy atom. The number of carbonyl (C=O) groups is 2. The number of unbranched alkanes of at least 4 members (excludes halogenated alkanes) is 1. The topological polar surface area (TPSA) is 96.0 Å². The summed E-state index contributed by atoms with van der Waals surface area (Å²) in [6.07, 6.45) is 1.82. The Balaban J connectivity index is 1.80. The molecule has 0 aromatic heterocycles. The lowest BCUT2D eigenvalue weighted by Crippen LogP contribution is -2.53. The third kappa shape index (κ3) is 9.64. The summed E-state index contributed by atoms with van der Waals surface area (Å²) < 4.78 is 34.5. The first kappa shape index (κ1) is 36.1. The maximum atomic E-state index is 14.5. The minimum atomic E-state index is -4.28. The number of carbonyl (C=O) groups excluding carboxylic acids is 2. The minimum Gasteiger partial charge on any atom is -0.497 e. The Labute approximate surface area is 291 Å². The van der Waals surface area contributed by atoms with Crippen LogP contribution in [0.2, 0.25) is 15.1 Å². The van der Waals surface area contributed by atoms with Gasteiger partial charge in [-0.3, -0.25) is 13.9 Å². The Kier molecular flexibility index (Phi) is 13.0. The summed E-state index contributed by atoms with van der Waals surface area (Å²) in [6, 6.07) is 25.3. The quantitative estimate of drug-likeness (QED) is 0.129. The fraction of sp³-hybridized carbons (Fsp3) is 0.257. The van der Waals surface area contributed by atoms with Crippen LogP contribution >= 0.6 is 34.8 Å². The Morgan fingerprint density at radius 2 is 1.53 bits per heavy atom. The molecule has 0 radical (unpaired) electrons. The van der Waals surface area contributed by atoms with Crippen LogP contribution in [-0.4, -0.2) is 51.4 Å². The molecule has 0 bridgehead atoms. The van der Waals surface area contributed by atoms with Crippen LogP contribution in [0.5, 0.6) is 5.75 Å². The lowest BCUT2D eigenvalue weighted by atomic mass is 10.0. The van der Waals surface area contributed by atoms with Crippen molar-refractivity contribution in [2.24, 2.45) is 0 Å². The smallest absolute Gasteiger partial charge is 0.264 e. The maximum absolute atomic E-state index is 14.5. The molecule has 0 spiro atoms. The monoisotopic (exact) mass is 715 g/mol. The molecule has 0 fully saturated rings. The Morgan fingerprint density at radius 3 is 2.15 bits per heavy atom. The van der Waals surface area contributed by atoms with E-state index in [1.54, 1.807) is 30.3 Å². The van der Waals surface area contributed by atoms with Gasteiger partial charge >= 0.3 is 0 Å². The summed E-state index contributed by atoms with van der Waals surface area (Å²) in [5, 5.41) is 3.99. The van der Waals surface area contributed by atoms with Crippen molar-refractivity contribution in [2.45, 2.75) is 43.7 Å². The number of benzene rings is 4. The number of anilines is 1. The van der Waals surface area contributed by atoms with Gasteiger partial charge in [0.1, 0.15) is 18.3 Å². The van der Waals surface area contributed by atoms with Crippen molar-refractivity contribution < 1.29 is 22.7 Å². The summed E-state index contributed by atoms with van der Waals surface area (Å²) in [6.45, 7) is 1.80. The molecule has 0 aliphatic carbocycles. The molecule has 0 aliphatic heterocycles. The van der Waals surface area contributed by atoms with Crippen LogP contribution in [0.15, 0.2) is 102 Å². The second-order valence-corrected chi connectivity index (χ2v) is 13.9. The first-order valence-electron chi connectivity index (χ1n) is 15.0. The van der Waals surface area contributed by atoms with E-state index in [2.05, 4.69) is 5.32 Å². The Hall–Kier alpha value is -3.76. The molecule has 2 amide bonds. The normalized spacial score (nSPS) is 11.9. The number of nitrogens with one attached hydrogen (secondary N) is 1. The maximum Gasteiger partial charge on any atom is 0.264 e. The van der Waals surface area contributed by atoms with E-state index in [1.165, 1.54) is 48.4 Å². The third-order valence-electron chi connectivity index (χ3n) is 7.48. The van der Waals surface area contributed by atoms with E-state index in [0.29, 0.717) is 27.9 Å². The molecule has 4 aromatic carbocycles. The van der Waals surface area contributed by atoms with E-state index in [0.717, 1.165) is 22.7 Å². The molecule has 12 heteroatoms. The number of hydrogen-bond acceptors (Lipinski definition) is 5. The van der Waals surface area contributed by atoms with Crippen molar-refractivity contribution in [2.75, 3.05) is 24.5 Å². The zero-order chi connectivity index (χ0) is 34.0.